The fourth-order valence-electron chi connectivity index (χ4n) is 11.1. The van der Waals surface area contributed by atoms with Crippen LogP contribution in [0.25, 0.3) is 0 Å². The molecule has 0 aliphatic carbocycles. The molecule has 4 aliphatic rings. The number of halogens is 7. The monoisotopic (exact) mass is 1250 g/mol. The average molecular weight is 1260 g/mol. The first kappa shape index (κ1) is 70.7. The molecule has 472 valence electrons. The summed E-state index contributed by atoms with van der Waals surface area (Å²) in [4.78, 5) is 49.2. The number of rotatable bonds is 18. The number of amides is 1. The van der Waals surface area contributed by atoms with Crippen LogP contribution in [-0.2, 0) is 21.9 Å². The molecule has 0 spiro atoms. The van der Waals surface area contributed by atoms with Crippen molar-refractivity contribution < 1.29 is 106 Å². The van der Waals surface area contributed by atoms with Crippen LogP contribution in [0, 0.1) is 20.2 Å². The zero-order valence-corrected chi connectivity index (χ0v) is 50.0. The summed E-state index contributed by atoms with van der Waals surface area (Å²) in [5.41, 5.74) is -1.95. The fraction of sp³-hybridized carbons (Fsp3) is 0.406. The molecule has 17 nitrogen and oxygen atoms in total. The molecule has 6 aromatic rings. The zero-order chi connectivity index (χ0) is 61.9. The second-order valence-corrected chi connectivity index (χ2v) is 21.8. The average Bonchev–Trinajstić information content (AvgIpc) is 1.54. The third-order valence-corrected chi connectivity index (χ3v) is 15.8. The van der Waals surface area contributed by atoms with E-state index >= 15 is 0 Å². The molecule has 25 heteroatoms. The van der Waals surface area contributed by atoms with Crippen LogP contribution in [0.2, 0.25) is 0 Å². The first-order valence-electron chi connectivity index (χ1n) is 29.2. The summed E-state index contributed by atoms with van der Waals surface area (Å²) in [6.45, 7) is 7.65. The Morgan fingerprint density at radius 3 is 1.22 bits per heavy atom. The third-order valence-electron chi connectivity index (χ3n) is 15.8. The van der Waals surface area contributed by atoms with Gasteiger partial charge in [0.15, 0.2) is 0 Å². The van der Waals surface area contributed by atoms with Crippen molar-refractivity contribution in [3.63, 3.8) is 0 Å². The van der Waals surface area contributed by atoms with E-state index < -0.39 is 50.7 Å². The number of nitrogens with zero attached hydrogens (tertiary/aromatic N) is 5. The van der Waals surface area contributed by atoms with Gasteiger partial charge in [0, 0.05) is 76.4 Å². The van der Waals surface area contributed by atoms with Gasteiger partial charge < -0.3 is 61.3 Å². The van der Waals surface area contributed by atoms with Crippen LogP contribution in [0.1, 0.15) is 98.3 Å². The quantitative estimate of drug-likeness (QED) is 0.0484. The predicted octanol–water partition coefficient (Wildman–Crippen LogP) is 5.57. The zero-order valence-electron chi connectivity index (χ0n) is 49.3. The van der Waals surface area contributed by atoms with E-state index in [4.69, 9.17) is 18.9 Å². The molecule has 4 aliphatic heterocycles. The van der Waals surface area contributed by atoms with E-state index in [1.54, 1.807) is 4.90 Å². The summed E-state index contributed by atoms with van der Waals surface area (Å²) >= 11 is 0. The molecule has 4 fully saturated rings. The molecule has 0 aromatic heterocycles. The molecule has 10 rings (SSSR count). The van der Waals surface area contributed by atoms with Crippen molar-refractivity contribution in [1.82, 2.24) is 14.7 Å². The number of carbonyl (C=O) groups is 2. The van der Waals surface area contributed by atoms with Gasteiger partial charge in [0.1, 0.15) is 57.8 Å². The van der Waals surface area contributed by atoms with Gasteiger partial charge >= 0.3 is 31.2 Å². The topological polar surface area (TPSA) is 207 Å². The molecule has 0 atom stereocenters. The Kier molecular flexibility index (Phi) is 27.0. The number of para-hydroxylation sites is 2. The Bertz CT molecular complexity index is 3180. The number of nitrogens with two attached hydrogens (primary N) is 1. The normalized spacial score (nSPS) is 16.4. The van der Waals surface area contributed by atoms with E-state index in [9.17, 15) is 61.3 Å². The van der Waals surface area contributed by atoms with Gasteiger partial charge in [-0.25, -0.2) is 0 Å². The van der Waals surface area contributed by atoms with Crippen LogP contribution in [0.15, 0.2) is 146 Å². The number of likely N-dealkylation sites (tertiary alicyclic amines) is 3. The van der Waals surface area contributed by atoms with E-state index in [0.717, 1.165) is 113 Å². The summed E-state index contributed by atoms with van der Waals surface area (Å²) in [6, 6.07) is 41.5. The molecule has 2 N–H and O–H groups in total. The summed E-state index contributed by atoms with van der Waals surface area (Å²) in [7, 11) is 0. The molecule has 4 saturated heterocycles. The minimum Gasteiger partial charge on any atom is -1.00 e. The maximum atomic E-state index is 13.3. The summed E-state index contributed by atoms with van der Waals surface area (Å²) in [6.07, 6.45) is -2.99. The van der Waals surface area contributed by atoms with Gasteiger partial charge in [-0.05, 0) is 154 Å². The van der Waals surface area contributed by atoms with Crippen molar-refractivity contribution in [3.05, 3.63) is 188 Å². The molecule has 6 aromatic carbocycles. The summed E-state index contributed by atoms with van der Waals surface area (Å²) in [5, 5.41) is 34.3. The van der Waals surface area contributed by atoms with Crippen molar-refractivity contribution in [2.45, 2.75) is 101 Å². The number of alkyl halides is 6. The Morgan fingerprint density at radius 2 is 0.854 bits per heavy atom. The molecule has 4 heterocycles. The minimum absolute atomic E-state index is 0. The second-order valence-electron chi connectivity index (χ2n) is 21.8. The number of nitro benzene ring substituents is 2. The minimum atomic E-state index is -4.86. The van der Waals surface area contributed by atoms with E-state index in [-0.39, 0.29) is 67.3 Å². The van der Waals surface area contributed by atoms with E-state index in [2.05, 4.69) is 39.4 Å². The predicted molar refractivity (Wildman–Crippen MR) is 309 cm³/mol. The van der Waals surface area contributed by atoms with Gasteiger partial charge in [0.25, 0.3) is 11.4 Å². The van der Waals surface area contributed by atoms with E-state index in [0.29, 0.717) is 69.4 Å². The van der Waals surface area contributed by atoms with Crippen molar-refractivity contribution >= 4 is 23.3 Å². The molecule has 89 heavy (non-hydrogen) atoms. The number of hydrogen-bond donors (Lipinski definition) is 1. The van der Waals surface area contributed by atoms with Gasteiger partial charge in [-0.1, -0.05) is 60.7 Å². The number of carboxylic acid groups (broad SMARTS) is 1. The summed E-state index contributed by atoms with van der Waals surface area (Å²) in [5.74, 6) is 3.36. The molecule has 0 unspecified atom stereocenters. The number of carbonyl (C=O) groups excluding carboxylic acids is 2. The maximum Gasteiger partial charge on any atom is 1.00 e. The van der Waals surface area contributed by atoms with Gasteiger partial charge in [-0.2, -0.15) is 26.3 Å². The third kappa shape index (κ3) is 22.0. The SMILES string of the molecule is O=C(CCN1CCC(c2ccc(Oc3ccccc3)cc2)CC1)N1CCC(Oc2ccc([N+](=O)[O-])c(C(F)(F)F)c2)CC1.O=C([O-])CCN1CCC(c2ccc(Oc3ccccc3)cc2)CC1.O=[N+]([O-])c1ccc(OC2CC[NH2+]CC2)cc1C(F)(F)F.[Cl-].[Li+]. The van der Waals surface area contributed by atoms with Gasteiger partial charge in [-0.15, -0.1) is 0 Å². The van der Waals surface area contributed by atoms with Crippen molar-refractivity contribution in [3.8, 4) is 34.5 Å². The Hall–Kier alpha value is -7.39. The molecule has 0 saturated carbocycles. The van der Waals surface area contributed by atoms with Crippen LogP contribution < -0.4 is 60.6 Å². The van der Waals surface area contributed by atoms with E-state index in [1.165, 1.54) is 23.3 Å². The number of benzene rings is 6. The smallest absolute Gasteiger partial charge is 1.00 e. The van der Waals surface area contributed by atoms with Crippen molar-refractivity contribution in [2.24, 2.45) is 0 Å². The van der Waals surface area contributed by atoms with Crippen molar-refractivity contribution in [2.75, 3.05) is 65.4 Å². The Morgan fingerprint density at radius 1 is 0.494 bits per heavy atom. The molecular formula is C64H70ClF6LiN6O11. The number of ether oxygens (including phenoxy) is 4. The van der Waals surface area contributed by atoms with E-state index in [1.807, 2.05) is 84.9 Å². The number of hydrogen-bond acceptors (Lipinski definition) is 13. The molecule has 0 radical (unpaired) electrons. The molecular weight excluding hydrogens is 1190 g/mol. The molecule has 1 amide bonds. The standard InChI is InChI=1S/C32H34F3N3O5.C20H23NO3.C12H13F3N2O3.ClH.Li/c33-32(34,35)29-22-28(10-11-30(29)38(40)41)43-27-14-20-37(21-15-27)31(39)16-19-36-17-12-24(13-18-36)23-6-8-26(9-7-23)42-25-4-2-1-3-5-25;22-20(23)12-15-21-13-10-17(11-14-21)16-6-8-19(9-7-16)24-18-4-2-1-3-5-18;13-12(14,15)10-7-9(1-2-11(10)17(18)19)20-8-3-5-16-6-4-8;;/h1-11,22,24,27H,12-21H2;1-9,17H,10-15H2,(H,22,23);1-2,7-8,16H,3-6H2;1H;/q;;;;+1/p-1. The van der Waals surface area contributed by atoms with Gasteiger partial charge in [0.05, 0.1) is 22.9 Å². The van der Waals surface area contributed by atoms with Crippen LogP contribution in [0.4, 0.5) is 37.7 Å². The van der Waals surface area contributed by atoms with Gasteiger partial charge in [0.2, 0.25) is 5.91 Å². The number of quaternary nitrogens is 1. The molecule has 0 bridgehead atoms. The number of carboxylic acids is 1. The number of aliphatic carboxylic acids is 1. The largest absolute Gasteiger partial charge is 1.00 e. The number of nitro groups is 2. The first-order valence-corrected chi connectivity index (χ1v) is 29.2. The second kappa shape index (κ2) is 34.0. The number of piperidine rings is 4. The fourth-order valence-corrected chi connectivity index (χ4v) is 11.1. The first-order chi connectivity index (χ1) is 41.7. The summed E-state index contributed by atoms with van der Waals surface area (Å²) < 4.78 is 101. The van der Waals surface area contributed by atoms with Crippen LogP contribution in [0.3, 0.4) is 0 Å². The maximum absolute atomic E-state index is 13.3. The Balaban J connectivity index is 0.000000232. The van der Waals surface area contributed by atoms with Gasteiger partial charge in [-0.3, -0.25) is 25.0 Å². The van der Waals surface area contributed by atoms with Crippen LogP contribution >= 0.6 is 0 Å². The van der Waals surface area contributed by atoms with Crippen molar-refractivity contribution in [1.29, 1.82) is 0 Å². The van der Waals surface area contributed by atoms with Crippen LogP contribution in [0.5, 0.6) is 34.5 Å². The van der Waals surface area contributed by atoms with Crippen LogP contribution in [-0.4, -0.2) is 114 Å². The Labute approximate surface area is 530 Å².